The topological polar surface area (TPSA) is 104 Å². The van der Waals surface area contributed by atoms with E-state index in [1.54, 1.807) is 38.1 Å². The summed E-state index contributed by atoms with van der Waals surface area (Å²) in [6.07, 6.45) is 0. The van der Waals surface area contributed by atoms with Gasteiger partial charge in [0.15, 0.2) is 14.6 Å². The maximum Gasteiger partial charge on any atom is 0.337 e. The molecule has 0 spiro atoms. The van der Waals surface area contributed by atoms with Crippen molar-refractivity contribution < 1.29 is 27.5 Å². The van der Waals surface area contributed by atoms with Crippen molar-refractivity contribution in [3.8, 4) is 0 Å². The molecule has 0 fully saturated rings. The molecule has 0 atom stereocenters. The lowest BCUT2D eigenvalue weighted by Crippen LogP contribution is -2.20. The molecule has 0 bridgehead atoms. The lowest BCUT2D eigenvalue weighted by atomic mass is 10.2. The van der Waals surface area contributed by atoms with Crippen LogP contribution in [0.3, 0.4) is 0 Å². The highest BCUT2D eigenvalue weighted by molar-refractivity contribution is 7.92. The van der Waals surface area contributed by atoms with Crippen LogP contribution < -0.4 is 4.80 Å². The summed E-state index contributed by atoms with van der Waals surface area (Å²) in [4.78, 5) is 29.7. The van der Waals surface area contributed by atoms with Crippen LogP contribution in [0, 0.1) is 0 Å². The summed E-state index contributed by atoms with van der Waals surface area (Å²) < 4.78 is 37.9. The van der Waals surface area contributed by atoms with Crippen LogP contribution in [-0.4, -0.2) is 50.4 Å². The van der Waals surface area contributed by atoms with Crippen LogP contribution in [0.2, 0.25) is 0 Å². The number of carbonyl (C=O) groups excluding carboxylic acids is 2. The number of amides is 1. The molecule has 0 aliphatic heterocycles. The molecule has 176 valence electrons. The molecule has 3 rings (SSSR count). The van der Waals surface area contributed by atoms with Gasteiger partial charge in [-0.15, -0.1) is 0 Å². The third kappa shape index (κ3) is 5.40. The number of aromatic nitrogens is 1. The molecule has 10 heteroatoms. The summed E-state index contributed by atoms with van der Waals surface area (Å²) >= 11 is 1.26. The second kappa shape index (κ2) is 10.4. The Balaban J connectivity index is 2.09. The van der Waals surface area contributed by atoms with Crippen molar-refractivity contribution in [3.05, 3.63) is 58.4 Å². The molecule has 0 saturated heterocycles. The molecule has 3 aromatic rings. The highest BCUT2D eigenvalue weighted by Crippen LogP contribution is 2.21. The normalized spacial score (nSPS) is 12.5. The van der Waals surface area contributed by atoms with Gasteiger partial charge in [0, 0.05) is 18.7 Å². The predicted octanol–water partition coefficient (Wildman–Crippen LogP) is 3.45. The average molecular weight is 491 g/mol. The molecule has 0 aliphatic carbocycles. The number of rotatable bonds is 8. The SMILES string of the molecule is CCOCCn1c(=NC(=O)c2cccc(S(=O)(=O)C(C)C)c2)sc2cc(C(=O)OC)ccc21. The lowest BCUT2D eigenvalue weighted by Gasteiger charge is -2.08. The summed E-state index contributed by atoms with van der Waals surface area (Å²) in [6, 6.07) is 11.0. The quantitative estimate of drug-likeness (QED) is 0.354. The fourth-order valence-corrected chi connectivity index (χ4v) is 5.35. The Bertz CT molecular complexity index is 1350. The molecule has 1 amide bonds. The van der Waals surface area contributed by atoms with Gasteiger partial charge in [0.25, 0.3) is 5.91 Å². The summed E-state index contributed by atoms with van der Waals surface area (Å²) in [6.45, 7) is 6.51. The zero-order chi connectivity index (χ0) is 24.2. The minimum absolute atomic E-state index is 0.0850. The number of ether oxygens (including phenoxy) is 2. The second-order valence-corrected chi connectivity index (χ2v) is 11.0. The van der Waals surface area contributed by atoms with Crippen molar-refractivity contribution in [3.63, 3.8) is 0 Å². The summed E-state index contributed by atoms with van der Waals surface area (Å²) in [7, 11) is -2.21. The van der Waals surface area contributed by atoms with E-state index in [1.807, 2.05) is 11.5 Å². The number of nitrogens with zero attached hydrogens (tertiary/aromatic N) is 2. The monoisotopic (exact) mass is 490 g/mol. The van der Waals surface area contributed by atoms with Crippen LogP contribution in [0.5, 0.6) is 0 Å². The van der Waals surface area contributed by atoms with Crippen LogP contribution in [0.25, 0.3) is 10.2 Å². The summed E-state index contributed by atoms with van der Waals surface area (Å²) in [5.41, 5.74) is 1.38. The van der Waals surface area contributed by atoms with Crippen molar-refractivity contribution >= 4 is 43.3 Å². The van der Waals surface area contributed by atoms with E-state index in [-0.39, 0.29) is 10.5 Å². The van der Waals surface area contributed by atoms with Gasteiger partial charge in [-0.1, -0.05) is 17.4 Å². The molecule has 1 heterocycles. The highest BCUT2D eigenvalue weighted by Gasteiger charge is 2.20. The minimum atomic E-state index is -3.52. The molecule has 0 radical (unpaired) electrons. The van der Waals surface area contributed by atoms with Gasteiger partial charge in [0.05, 0.1) is 39.6 Å². The van der Waals surface area contributed by atoms with Gasteiger partial charge in [-0.3, -0.25) is 4.79 Å². The Labute approximate surface area is 196 Å². The maximum atomic E-state index is 13.0. The second-order valence-electron chi connectivity index (χ2n) is 7.45. The van der Waals surface area contributed by atoms with Gasteiger partial charge in [-0.25, -0.2) is 13.2 Å². The first-order chi connectivity index (χ1) is 15.7. The standard InChI is InChI=1S/C23H26N2O6S2/c1-5-31-12-11-25-19-10-9-17(22(27)30-4)14-20(19)32-23(25)24-21(26)16-7-6-8-18(13-16)33(28,29)15(2)3/h6-10,13-15H,5,11-12H2,1-4H3. The number of sulfone groups is 1. The molecule has 8 nitrogen and oxygen atoms in total. The molecule has 33 heavy (non-hydrogen) atoms. The Morgan fingerprint density at radius 3 is 2.55 bits per heavy atom. The van der Waals surface area contributed by atoms with E-state index in [0.29, 0.717) is 30.1 Å². The number of thiazole rings is 1. The number of esters is 1. The molecule has 0 saturated carbocycles. The fraction of sp³-hybridized carbons (Fsp3) is 0.348. The van der Waals surface area contributed by atoms with Crippen molar-refractivity contribution in [1.82, 2.24) is 4.57 Å². The van der Waals surface area contributed by atoms with E-state index in [9.17, 15) is 18.0 Å². The zero-order valence-corrected chi connectivity index (χ0v) is 20.5. The van der Waals surface area contributed by atoms with E-state index in [4.69, 9.17) is 9.47 Å². The first-order valence-corrected chi connectivity index (χ1v) is 12.8. The maximum absolute atomic E-state index is 13.0. The van der Waals surface area contributed by atoms with Crippen molar-refractivity contribution in [1.29, 1.82) is 0 Å². The first kappa shape index (κ1) is 24.8. The van der Waals surface area contributed by atoms with Gasteiger partial charge in [-0.2, -0.15) is 4.99 Å². The number of carbonyl (C=O) groups is 2. The molecule has 0 aliphatic rings. The van der Waals surface area contributed by atoms with Gasteiger partial charge in [0.2, 0.25) is 0 Å². The van der Waals surface area contributed by atoms with Crippen molar-refractivity contribution in [2.45, 2.75) is 37.5 Å². The number of methoxy groups -OCH3 is 1. The largest absolute Gasteiger partial charge is 0.465 e. The Hall–Kier alpha value is -2.82. The van der Waals surface area contributed by atoms with E-state index in [1.165, 1.54) is 36.6 Å². The number of hydrogen-bond donors (Lipinski definition) is 0. The fourth-order valence-electron chi connectivity index (χ4n) is 3.15. The smallest absolute Gasteiger partial charge is 0.337 e. The third-order valence-electron chi connectivity index (χ3n) is 4.99. The Morgan fingerprint density at radius 2 is 1.88 bits per heavy atom. The predicted molar refractivity (Wildman–Crippen MR) is 126 cm³/mol. The molecule has 1 aromatic heterocycles. The lowest BCUT2D eigenvalue weighted by molar-refractivity contribution is 0.0600. The van der Waals surface area contributed by atoms with E-state index in [0.717, 1.165) is 10.2 Å². The number of benzene rings is 2. The van der Waals surface area contributed by atoms with Gasteiger partial charge < -0.3 is 14.0 Å². The molecule has 2 aromatic carbocycles. The van der Waals surface area contributed by atoms with Crippen molar-refractivity contribution in [2.75, 3.05) is 20.3 Å². The molecular formula is C23H26N2O6S2. The van der Waals surface area contributed by atoms with Gasteiger partial charge >= 0.3 is 5.97 Å². The molecular weight excluding hydrogens is 464 g/mol. The van der Waals surface area contributed by atoms with E-state index >= 15 is 0 Å². The van der Waals surface area contributed by atoms with Gasteiger partial charge in [0.1, 0.15) is 0 Å². The molecule has 0 unspecified atom stereocenters. The average Bonchev–Trinajstić information content (AvgIpc) is 3.14. The highest BCUT2D eigenvalue weighted by atomic mass is 32.2. The van der Waals surface area contributed by atoms with Crippen molar-refractivity contribution in [2.24, 2.45) is 4.99 Å². The van der Waals surface area contributed by atoms with Gasteiger partial charge in [-0.05, 0) is 57.2 Å². The Kier molecular flexibility index (Phi) is 7.83. The summed E-state index contributed by atoms with van der Waals surface area (Å²) in [5, 5.41) is -0.605. The van der Waals surface area contributed by atoms with Crippen LogP contribution >= 0.6 is 11.3 Å². The van der Waals surface area contributed by atoms with E-state index in [2.05, 4.69) is 4.99 Å². The van der Waals surface area contributed by atoms with Crippen LogP contribution in [0.15, 0.2) is 52.4 Å². The number of hydrogen-bond acceptors (Lipinski definition) is 7. The zero-order valence-electron chi connectivity index (χ0n) is 18.9. The molecule has 0 N–H and O–H groups in total. The Morgan fingerprint density at radius 1 is 1.12 bits per heavy atom. The minimum Gasteiger partial charge on any atom is -0.465 e. The van der Waals surface area contributed by atoms with Crippen LogP contribution in [0.1, 0.15) is 41.5 Å². The third-order valence-corrected chi connectivity index (χ3v) is 8.19. The number of fused-ring (bicyclic) bond motifs is 1. The van der Waals surface area contributed by atoms with Crippen LogP contribution in [0.4, 0.5) is 0 Å². The van der Waals surface area contributed by atoms with Crippen LogP contribution in [-0.2, 0) is 25.9 Å². The van der Waals surface area contributed by atoms with E-state index < -0.39 is 27.0 Å². The summed E-state index contributed by atoms with van der Waals surface area (Å²) in [5.74, 6) is -1.01. The first-order valence-electron chi connectivity index (χ1n) is 10.4.